The first-order valence-electron chi connectivity index (χ1n) is 6.41. The summed E-state index contributed by atoms with van der Waals surface area (Å²) in [5, 5.41) is 3.51. The molecule has 0 heterocycles. The molecule has 14 heavy (non-hydrogen) atoms. The molecule has 0 radical (unpaired) electrons. The smallest absolute Gasteiger partial charge is 0.00925 e. The Labute approximate surface area is 88.7 Å². The van der Waals surface area contributed by atoms with Crippen molar-refractivity contribution < 1.29 is 0 Å². The van der Waals surface area contributed by atoms with Crippen molar-refractivity contribution in [1.29, 1.82) is 0 Å². The maximum Gasteiger partial charge on any atom is 0.00925 e. The standard InChI is InChI=1S/C13H25N/c1-13(8-3-4-9-13)10-11-6-5-7-12(11)14-2/h11-12,14H,3-10H2,1-2H3. The van der Waals surface area contributed by atoms with Crippen LogP contribution in [-0.4, -0.2) is 13.1 Å². The number of rotatable bonds is 3. The van der Waals surface area contributed by atoms with Gasteiger partial charge in [-0.2, -0.15) is 0 Å². The molecule has 82 valence electrons. The maximum absolute atomic E-state index is 3.51. The van der Waals surface area contributed by atoms with Crippen LogP contribution in [0.15, 0.2) is 0 Å². The van der Waals surface area contributed by atoms with Crippen molar-refractivity contribution in [1.82, 2.24) is 5.32 Å². The molecule has 0 bridgehead atoms. The van der Waals surface area contributed by atoms with E-state index >= 15 is 0 Å². The summed E-state index contributed by atoms with van der Waals surface area (Å²) in [7, 11) is 2.14. The first-order valence-corrected chi connectivity index (χ1v) is 6.41. The van der Waals surface area contributed by atoms with Crippen molar-refractivity contribution in [3.8, 4) is 0 Å². The van der Waals surface area contributed by atoms with Crippen LogP contribution in [0.4, 0.5) is 0 Å². The second-order valence-corrected chi connectivity index (χ2v) is 5.81. The highest BCUT2D eigenvalue weighted by molar-refractivity contribution is 4.89. The van der Waals surface area contributed by atoms with Gasteiger partial charge in [-0.25, -0.2) is 0 Å². The van der Waals surface area contributed by atoms with Crippen LogP contribution in [0, 0.1) is 11.3 Å². The summed E-state index contributed by atoms with van der Waals surface area (Å²) in [6.07, 6.45) is 11.8. The minimum absolute atomic E-state index is 0.699. The molecule has 1 heteroatoms. The predicted molar refractivity (Wildman–Crippen MR) is 61.4 cm³/mol. The average molecular weight is 195 g/mol. The summed E-state index contributed by atoms with van der Waals surface area (Å²) < 4.78 is 0. The van der Waals surface area contributed by atoms with Gasteiger partial charge in [0, 0.05) is 6.04 Å². The van der Waals surface area contributed by atoms with E-state index in [-0.39, 0.29) is 0 Å². The monoisotopic (exact) mass is 195 g/mol. The lowest BCUT2D eigenvalue weighted by Crippen LogP contribution is -2.32. The Hall–Kier alpha value is -0.0400. The zero-order valence-electron chi connectivity index (χ0n) is 9.81. The number of hydrogen-bond acceptors (Lipinski definition) is 1. The Morgan fingerprint density at radius 1 is 1.14 bits per heavy atom. The molecule has 0 amide bonds. The quantitative estimate of drug-likeness (QED) is 0.728. The fourth-order valence-corrected chi connectivity index (χ4v) is 3.73. The van der Waals surface area contributed by atoms with Gasteiger partial charge in [-0.1, -0.05) is 26.2 Å². The van der Waals surface area contributed by atoms with Gasteiger partial charge >= 0.3 is 0 Å². The molecule has 2 saturated carbocycles. The molecular formula is C13H25N. The lowest BCUT2D eigenvalue weighted by Gasteiger charge is -2.30. The summed E-state index contributed by atoms with van der Waals surface area (Å²) in [6, 6.07) is 0.826. The van der Waals surface area contributed by atoms with E-state index in [1.165, 1.54) is 51.4 Å². The van der Waals surface area contributed by atoms with Crippen LogP contribution in [-0.2, 0) is 0 Å². The first-order chi connectivity index (χ1) is 6.73. The molecular weight excluding hydrogens is 170 g/mol. The van der Waals surface area contributed by atoms with E-state index in [1.807, 2.05) is 0 Å². The van der Waals surface area contributed by atoms with E-state index in [2.05, 4.69) is 19.3 Å². The van der Waals surface area contributed by atoms with Crippen LogP contribution in [0.1, 0.15) is 58.3 Å². The summed E-state index contributed by atoms with van der Waals surface area (Å²) in [6.45, 7) is 2.52. The van der Waals surface area contributed by atoms with Gasteiger partial charge in [0.05, 0.1) is 0 Å². The minimum atomic E-state index is 0.699. The predicted octanol–water partition coefficient (Wildman–Crippen LogP) is 3.34. The molecule has 2 unspecified atom stereocenters. The molecule has 2 atom stereocenters. The second kappa shape index (κ2) is 4.22. The van der Waals surface area contributed by atoms with Crippen LogP contribution in [0.3, 0.4) is 0 Å². The molecule has 2 rings (SSSR count). The minimum Gasteiger partial charge on any atom is -0.317 e. The molecule has 2 fully saturated rings. The van der Waals surface area contributed by atoms with Gasteiger partial charge in [0.2, 0.25) is 0 Å². The van der Waals surface area contributed by atoms with E-state index in [0.29, 0.717) is 5.41 Å². The first kappa shape index (κ1) is 10.5. The van der Waals surface area contributed by atoms with Crippen LogP contribution in [0.5, 0.6) is 0 Å². The Balaban J connectivity index is 1.89. The van der Waals surface area contributed by atoms with Gasteiger partial charge in [0.1, 0.15) is 0 Å². The average Bonchev–Trinajstić information content (AvgIpc) is 2.75. The Morgan fingerprint density at radius 2 is 1.86 bits per heavy atom. The van der Waals surface area contributed by atoms with Gasteiger partial charge in [-0.3, -0.25) is 0 Å². The van der Waals surface area contributed by atoms with Gasteiger partial charge in [0.25, 0.3) is 0 Å². The van der Waals surface area contributed by atoms with Crippen molar-refractivity contribution in [2.45, 2.75) is 64.3 Å². The van der Waals surface area contributed by atoms with Crippen molar-refractivity contribution in [3.05, 3.63) is 0 Å². The van der Waals surface area contributed by atoms with E-state index in [1.54, 1.807) is 0 Å². The van der Waals surface area contributed by atoms with E-state index in [9.17, 15) is 0 Å². The second-order valence-electron chi connectivity index (χ2n) is 5.81. The van der Waals surface area contributed by atoms with E-state index < -0.39 is 0 Å². The van der Waals surface area contributed by atoms with Crippen molar-refractivity contribution >= 4 is 0 Å². The fourth-order valence-electron chi connectivity index (χ4n) is 3.73. The Bertz CT molecular complexity index is 182. The zero-order chi connectivity index (χ0) is 10.0. The molecule has 0 aromatic carbocycles. The van der Waals surface area contributed by atoms with Crippen LogP contribution in [0.2, 0.25) is 0 Å². The normalized spacial score (nSPS) is 36.4. The molecule has 0 aliphatic heterocycles. The summed E-state index contributed by atoms with van der Waals surface area (Å²) in [5.41, 5.74) is 0.699. The van der Waals surface area contributed by atoms with Gasteiger partial charge < -0.3 is 5.32 Å². The summed E-state index contributed by atoms with van der Waals surface area (Å²) in [5.74, 6) is 0.975. The highest BCUT2D eigenvalue weighted by Crippen LogP contribution is 2.45. The third-order valence-corrected chi connectivity index (χ3v) is 4.60. The number of nitrogens with one attached hydrogen (secondary N) is 1. The van der Waals surface area contributed by atoms with Crippen LogP contribution in [0.25, 0.3) is 0 Å². The topological polar surface area (TPSA) is 12.0 Å². The fraction of sp³-hybridized carbons (Fsp3) is 1.00. The largest absolute Gasteiger partial charge is 0.317 e. The lowest BCUT2D eigenvalue weighted by molar-refractivity contribution is 0.227. The highest BCUT2D eigenvalue weighted by atomic mass is 14.9. The van der Waals surface area contributed by atoms with Gasteiger partial charge in [0.15, 0.2) is 0 Å². The van der Waals surface area contributed by atoms with E-state index in [4.69, 9.17) is 0 Å². The lowest BCUT2D eigenvalue weighted by atomic mass is 9.78. The molecule has 0 saturated heterocycles. The Morgan fingerprint density at radius 3 is 2.50 bits per heavy atom. The summed E-state index contributed by atoms with van der Waals surface area (Å²) in [4.78, 5) is 0. The molecule has 2 aliphatic carbocycles. The highest BCUT2D eigenvalue weighted by Gasteiger charge is 2.35. The van der Waals surface area contributed by atoms with Crippen LogP contribution < -0.4 is 5.32 Å². The molecule has 0 spiro atoms. The van der Waals surface area contributed by atoms with Crippen LogP contribution >= 0.6 is 0 Å². The van der Waals surface area contributed by atoms with Crippen molar-refractivity contribution in [3.63, 3.8) is 0 Å². The molecule has 1 nitrogen and oxygen atoms in total. The van der Waals surface area contributed by atoms with Gasteiger partial charge in [-0.05, 0) is 50.5 Å². The molecule has 0 aromatic heterocycles. The molecule has 0 aromatic rings. The SMILES string of the molecule is CNC1CCCC1CC1(C)CCCC1. The van der Waals surface area contributed by atoms with Crippen molar-refractivity contribution in [2.24, 2.45) is 11.3 Å². The summed E-state index contributed by atoms with van der Waals surface area (Å²) >= 11 is 0. The third kappa shape index (κ3) is 2.13. The Kier molecular flexibility index (Phi) is 3.16. The van der Waals surface area contributed by atoms with Crippen molar-refractivity contribution in [2.75, 3.05) is 7.05 Å². The van der Waals surface area contributed by atoms with E-state index in [0.717, 1.165) is 12.0 Å². The molecule has 1 N–H and O–H groups in total. The maximum atomic E-state index is 3.51. The third-order valence-electron chi connectivity index (χ3n) is 4.60. The van der Waals surface area contributed by atoms with Gasteiger partial charge in [-0.15, -0.1) is 0 Å². The molecule has 2 aliphatic rings. The number of hydrogen-bond donors (Lipinski definition) is 1. The zero-order valence-corrected chi connectivity index (χ0v) is 9.81.